The standard InChI is InChI=1S/C21H38N.H2S/c1-2-3-4-5-6-7-8-9-10-11-12-13-14-16-19-22-20-17-15-18-21-22;/h15,17-18,20-21H,2-14,16,19H2,1H3;1H2/q+1;. The summed E-state index contributed by atoms with van der Waals surface area (Å²) in [4.78, 5) is 0. The largest absolute Gasteiger partial charge is 0.205 e. The molecule has 0 bridgehead atoms. The predicted molar refractivity (Wildman–Crippen MR) is 107 cm³/mol. The van der Waals surface area contributed by atoms with Crippen LogP contribution in [-0.4, -0.2) is 0 Å². The Hall–Kier alpha value is -0.500. The molecule has 0 fully saturated rings. The summed E-state index contributed by atoms with van der Waals surface area (Å²) in [6.45, 7) is 3.47. The van der Waals surface area contributed by atoms with Crippen LogP contribution in [-0.2, 0) is 6.54 Å². The summed E-state index contributed by atoms with van der Waals surface area (Å²) in [5.74, 6) is 0. The SMILES string of the molecule is CCCCCCCCCCCCCCCC[n+]1ccccc1.S. The Bertz CT molecular complexity index is 326. The van der Waals surface area contributed by atoms with Gasteiger partial charge in [0.1, 0.15) is 6.54 Å². The number of unbranched alkanes of at least 4 members (excludes halogenated alkanes) is 13. The molecule has 0 spiro atoms. The maximum absolute atomic E-state index is 2.29. The van der Waals surface area contributed by atoms with E-state index in [4.69, 9.17) is 0 Å². The summed E-state index contributed by atoms with van der Waals surface area (Å²) >= 11 is 0. The molecule has 1 heterocycles. The van der Waals surface area contributed by atoms with Gasteiger partial charge < -0.3 is 0 Å². The van der Waals surface area contributed by atoms with E-state index in [0.29, 0.717) is 0 Å². The molecule has 1 nitrogen and oxygen atoms in total. The lowest BCUT2D eigenvalue weighted by Gasteiger charge is -2.02. The van der Waals surface area contributed by atoms with Crippen LogP contribution < -0.4 is 4.57 Å². The van der Waals surface area contributed by atoms with Crippen LogP contribution in [0.1, 0.15) is 96.8 Å². The minimum atomic E-state index is 0. The summed E-state index contributed by atoms with van der Waals surface area (Å²) < 4.78 is 2.29. The van der Waals surface area contributed by atoms with Crippen molar-refractivity contribution in [2.24, 2.45) is 0 Å². The van der Waals surface area contributed by atoms with Crippen molar-refractivity contribution in [3.05, 3.63) is 30.6 Å². The fraction of sp³-hybridized carbons (Fsp3) is 0.762. The van der Waals surface area contributed by atoms with Crippen molar-refractivity contribution in [3.63, 3.8) is 0 Å². The van der Waals surface area contributed by atoms with E-state index >= 15 is 0 Å². The Morgan fingerprint density at radius 2 is 0.913 bits per heavy atom. The van der Waals surface area contributed by atoms with Crippen LogP contribution in [0.4, 0.5) is 0 Å². The fourth-order valence-electron chi connectivity index (χ4n) is 3.07. The van der Waals surface area contributed by atoms with Gasteiger partial charge in [0, 0.05) is 18.6 Å². The summed E-state index contributed by atoms with van der Waals surface area (Å²) in [5, 5.41) is 0. The number of hydrogen-bond acceptors (Lipinski definition) is 0. The molecule has 0 atom stereocenters. The van der Waals surface area contributed by atoms with Crippen LogP contribution in [0.3, 0.4) is 0 Å². The first-order chi connectivity index (χ1) is 10.9. The number of nitrogens with zero attached hydrogens (tertiary/aromatic N) is 1. The van der Waals surface area contributed by atoms with Gasteiger partial charge in [-0.05, 0) is 6.42 Å². The lowest BCUT2D eigenvalue weighted by molar-refractivity contribution is -0.697. The van der Waals surface area contributed by atoms with Crippen molar-refractivity contribution < 1.29 is 4.57 Å². The average molecular weight is 339 g/mol. The van der Waals surface area contributed by atoms with Crippen LogP contribution in [0.25, 0.3) is 0 Å². The molecule has 1 aromatic heterocycles. The predicted octanol–water partition coefficient (Wildman–Crippen LogP) is 6.57. The molecule has 0 aromatic carbocycles. The Balaban J connectivity index is 0.00000484. The van der Waals surface area contributed by atoms with Gasteiger partial charge >= 0.3 is 0 Å². The van der Waals surface area contributed by atoms with E-state index in [0.717, 1.165) is 0 Å². The van der Waals surface area contributed by atoms with E-state index in [1.807, 2.05) is 0 Å². The molecule has 0 unspecified atom stereocenters. The van der Waals surface area contributed by atoms with Gasteiger partial charge in [-0.15, -0.1) is 0 Å². The molecule has 0 aliphatic carbocycles. The maximum atomic E-state index is 2.29. The second-order valence-corrected chi connectivity index (χ2v) is 6.71. The van der Waals surface area contributed by atoms with Crippen molar-refractivity contribution in [2.45, 2.75) is 103 Å². The Labute approximate surface area is 152 Å². The van der Waals surface area contributed by atoms with Gasteiger partial charge in [-0.3, -0.25) is 0 Å². The third-order valence-corrected chi connectivity index (χ3v) is 4.55. The van der Waals surface area contributed by atoms with Gasteiger partial charge in [0.2, 0.25) is 0 Å². The lowest BCUT2D eigenvalue weighted by Crippen LogP contribution is -2.32. The van der Waals surface area contributed by atoms with Gasteiger partial charge in [0.25, 0.3) is 0 Å². The lowest BCUT2D eigenvalue weighted by atomic mass is 10.0. The highest BCUT2D eigenvalue weighted by atomic mass is 32.1. The van der Waals surface area contributed by atoms with Crippen LogP contribution in [0.15, 0.2) is 30.6 Å². The number of hydrogen-bond donors (Lipinski definition) is 0. The van der Waals surface area contributed by atoms with Crippen molar-refractivity contribution in [1.29, 1.82) is 0 Å². The third kappa shape index (κ3) is 14.8. The molecule has 0 saturated carbocycles. The monoisotopic (exact) mass is 338 g/mol. The fourth-order valence-corrected chi connectivity index (χ4v) is 3.07. The van der Waals surface area contributed by atoms with Crippen molar-refractivity contribution in [2.75, 3.05) is 0 Å². The summed E-state index contributed by atoms with van der Waals surface area (Å²) in [6, 6.07) is 6.31. The quantitative estimate of drug-likeness (QED) is 0.251. The molecule has 0 aliphatic rings. The number of pyridine rings is 1. The zero-order chi connectivity index (χ0) is 15.7. The minimum Gasteiger partial charge on any atom is -0.205 e. The molecule has 0 aliphatic heterocycles. The topological polar surface area (TPSA) is 3.88 Å². The van der Waals surface area contributed by atoms with Gasteiger partial charge in [0.05, 0.1) is 0 Å². The second-order valence-electron chi connectivity index (χ2n) is 6.71. The highest BCUT2D eigenvalue weighted by Crippen LogP contribution is 2.12. The number of rotatable bonds is 15. The summed E-state index contributed by atoms with van der Waals surface area (Å²) in [5.41, 5.74) is 0. The van der Waals surface area contributed by atoms with Gasteiger partial charge in [0.15, 0.2) is 12.4 Å². The molecule has 0 N–H and O–H groups in total. The molecule has 1 aromatic rings. The van der Waals surface area contributed by atoms with Crippen LogP contribution in [0.5, 0.6) is 0 Å². The van der Waals surface area contributed by atoms with Gasteiger partial charge in [-0.25, -0.2) is 4.57 Å². The Kier molecular flexibility index (Phi) is 17.5. The molecular formula is C21H40NS+. The Morgan fingerprint density at radius 1 is 0.522 bits per heavy atom. The first-order valence-electron chi connectivity index (χ1n) is 9.87. The summed E-state index contributed by atoms with van der Waals surface area (Å²) in [6.07, 6.45) is 24.4. The van der Waals surface area contributed by atoms with Crippen molar-refractivity contribution >= 4 is 13.5 Å². The molecule has 0 radical (unpaired) electrons. The number of aromatic nitrogens is 1. The zero-order valence-corrected chi connectivity index (χ0v) is 16.4. The normalized spacial score (nSPS) is 10.5. The third-order valence-electron chi connectivity index (χ3n) is 4.55. The van der Waals surface area contributed by atoms with E-state index in [1.165, 1.54) is 96.4 Å². The maximum Gasteiger partial charge on any atom is 0.168 e. The molecule has 0 saturated heterocycles. The van der Waals surface area contributed by atoms with E-state index in [2.05, 4.69) is 42.1 Å². The van der Waals surface area contributed by atoms with Gasteiger partial charge in [-0.1, -0.05) is 90.0 Å². The number of aryl methyl sites for hydroxylation is 1. The molecule has 1 rings (SSSR count). The molecule has 23 heavy (non-hydrogen) atoms. The summed E-state index contributed by atoms with van der Waals surface area (Å²) in [7, 11) is 0. The Morgan fingerprint density at radius 3 is 1.35 bits per heavy atom. The first kappa shape index (κ1) is 22.5. The molecule has 134 valence electrons. The zero-order valence-electron chi connectivity index (χ0n) is 15.4. The highest BCUT2D eigenvalue weighted by Gasteiger charge is 1.98. The van der Waals surface area contributed by atoms with E-state index < -0.39 is 0 Å². The van der Waals surface area contributed by atoms with E-state index in [-0.39, 0.29) is 13.5 Å². The van der Waals surface area contributed by atoms with Crippen molar-refractivity contribution in [1.82, 2.24) is 0 Å². The first-order valence-corrected chi connectivity index (χ1v) is 9.87. The van der Waals surface area contributed by atoms with Crippen LogP contribution in [0.2, 0.25) is 0 Å². The van der Waals surface area contributed by atoms with Crippen LogP contribution in [0, 0.1) is 0 Å². The smallest absolute Gasteiger partial charge is 0.168 e. The van der Waals surface area contributed by atoms with Crippen LogP contribution >= 0.6 is 13.5 Å². The minimum absolute atomic E-state index is 0. The van der Waals surface area contributed by atoms with Gasteiger partial charge in [-0.2, -0.15) is 13.5 Å². The van der Waals surface area contributed by atoms with E-state index in [1.54, 1.807) is 0 Å². The molecular weight excluding hydrogens is 298 g/mol. The average Bonchev–Trinajstić information content (AvgIpc) is 2.56. The van der Waals surface area contributed by atoms with Crippen molar-refractivity contribution in [3.8, 4) is 0 Å². The molecule has 2 heteroatoms. The molecule has 0 amide bonds. The highest BCUT2D eigenvalue weighted by molar-refractivity contribution is 7.59. The second kappa shape index (κ2) is 17.8. The van der Waals surface area contributed by atoms with E-state index in [9.17, 15) is 0 Å².